The van der Waals surface area contributed by atoms with Crippen LogP contribution >= 0.6 is 0 Å². The third-order valence-electron chi connectivity index (χ3n) is 2.68. The van der Waals surface area contributed by atoms with E-state index in [1.54, 1.807) is 0 Å². The molecular weight excluding hydrogens is 138 g/mol. The van der Waals surface area contributed by atoms with Crippen molar-refractivity contribution in [2.75, 3.05) is 6.61 Å². The van der Waals surface area contributed by atoms with Crippen molar-refractivity contribution in [1.29, 1.82) is 0 Å². The molecule has 1 saturated carbocycles. The van der Waals surface area contributed by atoms with Crippen LogP contribution in [0.15, 0.2) is 0 Å². The van der Waals surface area contributed by atoms with Gasteiger partial charge in [-0.05, 0) is 33.6 Å². The molecule has 0 radical (unpaired) electrons. The van der Waals surface area contributed by atoms with Gasteiger partial charge in [-0.2, -0.15) is 0 Å². The fraction of sp³-hybridized carbons (Fsp3) is 1.00. The lowest BCUT2D eigenvalue weighted by atomic mass is 10.1. The van der Waals surface area contributed by atoms with Gasteiger partial charge in [-0.25, -0.2) is 0 Å². The van der Waals surface area contributed by atoms with Gasteiger partial charge in [-0.1, -0.05) is 0 Å². The normalized spacial score (nSPS) is 42.8. The summed E-state index contributed by atoms with van der Waals surface area (Å²) in [5.41, 5.74) is 0.167. The number of rotatable bonds is 1. The van der Waals surface area contributed by atoms with Gasteiger partial charge in [-0.3, -0.25) is 5.32 Å². The van der Waals surface area contributed by atoms with Crippen molar-refractivity contribution in [3.05, 3.63) is 0 Å². The quantitative estimate of drug-likeness (QED) is 0.619. The molecule has 1 N–H and O–H groups in total. The van der Waals surface area contributed by atoms with Crippen LogP contribution in [0.3, 0.4) is 0 Å². The highest BCUT2D eigenvalue weighted by Crippen LogP contribution is 2.43. The molecule has 0 amide bonds. The molecule has 0 aromatic rings. The third-order valence-corrected chi connectivity index (χ3v) is 2.68. The molecule has 0 aromatic carbocycles. The Labute approximate surface area is 68.3 Å². The van der Waals surface area contributed by atoms with Crippen molar-refractivity contribution < 1.29 is 4.74 Å². The van der Waals surface area contributed by atoms with E-state index < -0.39 is 0 Å². The molecule has 1 aliphatic carbocycles. The first kappa shape index (κ1) is 7.56. The van der Waals surface area contributed by atoms with E-state index >= 15 is 0 Å². The van der Waals surface area contributed by atoms with Crippen LogP contribution in [0.4, 0.5) is 0 Å². The van der Waals surface area contributed by atoms with E-state index in [9.17, 15) is 0 Å². The van der Waals surface area contributed by atoms with E-state index in [2.05, 4.69) is 26.1 Å². The molecule has 11 heavy (non-hydrogen) atoms. The van der Waals surface area contributed by atoms with Crippen LogP contribution in [-0.4, -0.2) is 17.9 Å². The molecule has 2 rings (SSSR count). The average molecular weight is 155 g/mol. The standard InChI is InChI=1S/C9H17NO/c1-8(2)6-11-9(3,10-8)7-4-5-7/h7,10H,4-6H2,1-3H3. The maximum absolute atomic E-state index is 5.77. The minimum absolute atomic E-state index is 0.0104. The molecule has 2 fully saturated rings. The molecule has 0 spiro atoms. The van der Waals surface area contributed by atoms with Crippen LogP contribution in [0.25, 0.3) is 0 Å². The molecule has 1 heterocycles. The maximum Gasteiger partial charge on any atom is 0.119 e. The highest BCUT2D eigenvalue weighted by molar-refractivity contribution is 5.00. The summed E-state index contributed by atoms with van der Waals surface area (Å²) in [6.45, 7) is 7.42. The first-order valence-electron chi connectivity index (χ1n) is 4.45. The minimum Gasteiger partial charge on any atom is -0.359 e. The highest BCUT2D eigenvalue weighted by atomic mass is 16.5. The van der Waals surface area contributed by atoms with Crippen LogP contribution in [-0.2, 0) is 4.74 Å². The van der Waals surface area contributed by atoms with Crippen LogP contribution in [0.1, 0.15) is 33.6 Å². The lowest BCUT2D eigenvalue weighted by Crippen LogP contribution is -2.47. The Morgan fingerprint density at radius 1 is 1.27 bits per heavy atom. The molecule has 2 aliphatic rings. The minimum atomic E-state index is -0.0104. The molecule has 0 bridgehead atoms. The Balaban J connectivity index is 2.06. The van der Waals surface area contributed by atoms with E-state index in [1.807, 2.05) is 0 Å². The lowest BCUT2D eigenvalue weighted by molar-refractivity contribution is -0.0126. The molecule has 1 unspecified atom stereocenters. The van der Waals surface area contributed by atoms with Gasteiger partial charge in [0.25, 0.3) is 0 Å². The van der Waals surface area contributed by atoms with Crippen LogP contribution in [0.5, 0.6) is 0 Å². The van der Waals surface area contributed by atoms with E-state index in [4.69, 9.17) is 4.74 Å². The zero-order chi connectivity index (χ0) is 8.11. The van der Waals surface area contributed by atoms with Gasteiger partial charge in [0.1, 0.15) is 5.72 Å². The Morgan fingerprint density at radius 3 is 2.27 bits per heavy atom. The predicted octanol–water partition coefficient (Wildman–Crippen LogP) is 1.51. The number of hydrogen-bond donors (Lipinski definition) is 1. The molecule has 1 saturated heterocycles. The first-order valence-corrected chi connectivity index (χ1v) is 4.45. The van der Waals surface area contributed by atoms with E-state index in [-0.39, 0.29) is 11.3 Å². The van der Waals surface area contributed by atoms with Crippen molar-refractivity contribution >= 4 is 0 Å². The van der Waals surface area contributed by atoms with Gasteiger partial charge in [0.2, 0.25) is 0 Å². The maximum atomic E-state index is 5.77. The SMILES string of the molecule is CC1(C)COC(C)(C2CC2)N1. The molecule has 2 heteroatoms. The predicted molar refractivity (Wildman–Crippen MR) is 44.3 cm³/mol. The zero-order valence-corrected chi connectivity index (χ0v) is 7.61. The van der Waals surface area contributed by atoms with Crippen molar-refractivity contribution in [3.8, 4) is 0 Å². The summed E-state index contributed by atoms with van der Waals surface area (Å²) in [4.78, 5) is 0. The van der Waals surface area contributed by atoms with E-state index in [0.717, 1.165) is 12.5 Å². The topological polar surface area (TPSA) is 21.3 Å². The number of nitrogens with one attached hydrogen (secondary N) is 1. The van der Waals surface area contributed by atoms with Crippen molar-refractivity contribution in [2.24, 2.45) is 5.92 Å². The average Bonchev–Trinajstić information content (AvgIpc) is 2.61. The Bertz CT molecular complexity index is 174. The smallest absolute Gasteiger partial charge is 0.119 e. The van der Waals surface area contributed by atoms with Gasteiger partial charge in [0, 0.05) is 11.5 Å². The first-order chi connectivity index (χ1) is 5.02. The van der Waals surface area contributed by atoms with Gasteiger partial charge in [0.05, 0.1) is 6.61 Å². The zero-order valence-electron chi connectivity index (χ0n) is 7.61. The van der Waals surface area contributed by atoms with Gasteiger partial charge in [0.15, 0.2) is 0 Å². The van der Waals surface area contributed by atoms with Gasteiger partial charge >= 0.3 is 0 Å². The van der Waals surface area contributed by atoms with Gasteiger partial charge < -0.3 is 4.74 Å². The molecule has 2 nitrogen and oxygen atoms in total. The monoisotopic (exact) mass is 155 g/mol. The van der Waals surface area contributed by atoms with Gasteiger partial charge in [-0.15, -0.1) is 0 Å². The number of hydrogen-bond acceptors (Lipinski definition) is 2. The Kier molecular flexibility index (Phi) is 1.37. The fourth-order valence-electron chi connectivity index (χ4n) is 1.93. The molecule has 1 atom stereocenters. The Hall–Kier alpha value is -0.0800. The summed E-state index contributed by atoms with van der Waals surface area (Å²) in [5, 5.41) is 3.55. The molecule has 64 valence electrons. The molecule has 1 aliphatic heterocycles. The summed E-state index contributed by atoms with van der Waals surface area (Å²) < 4.78 is 5.77. The Morgan fingerprint density at radius 2 is 1.91 bits per heavy atom. The lowest BCUT2D eigenvalue weighted by Gasteiger charge is -2.26. The molecule has 0 aromatic heterocycles. The summed E-state index contributed by atoms with van der Waals surface area (Å²) in [6, 6.07) is 0. The summed E-state index contributed by atoms with van der Waals surface area (Å²) >= 11 is 0. The largest absolute Gasteiger partial charge is 0.359 e. The summed E-state index contributed by atoms with van der Waals surface area (Å²) in [6.07, 6.45) is 2.67. The van der Waals surface area contributed by atoms with Crippen LogP contribution in [0, 0.1) is 5.92 Å². The van der Waals surface area contributed by atoms with Crippen molar-refractivity contribution in [1.82, 2.24) is 5.32 Å². The van der Waals surface area contributed by atoms with E-state index in [1.165, 1.54) is 12.8 Å². The summed E-state index contributed by atoms with van der Waals surface area (Å²) in [5.74, 6) is 0.768. The van der Waals surface area contributed by atoms with Crippen molar-refractivity contribution in [2.45, 2.75) is 44.9 Å². The van der Waals surface area contributed by atoms with Crippen LogP contribution in [0.2, 0.25) is 0 Å². The second-order valence-corrected chi connectivity index (χ2v) is 4.68. The van der Waals surface area contributed by atoms with Crippen LogP contribution < -0.4 is 5.32 Å². The van der Waals surface area contributed by atoms with Crippen molar-refractivity contribution in [3.63, 3.8) is 0 Å². The summed E-state index contributed by atoms with van der Waals surface area (Å²) in [7, 11) is 0. The highest BCUT2D eigenvalue weighted by Gasteiger charge is 2.49. The third kappa shape index (κ3) is 1.30. The fourth-order valence-corrected chi connectivity index (χ4v) is 1.93. The number of ether oxygens (including phenoxy) is 1. The van der Waals surface area contributed by atoms with E-state index in [0.29, 0.717) is 0 Å². The second-order valence-electron chi connectivity index (χ2n) is 4.68. The second kappa shape index (κ2) is 1.99. The molecular formula is C9H17NO.